The first-order valence-electron chi connectivity index (χ1n) is 7.13. The number of nitrogens with one attached hydrogen (secondary N) is 1. The van der Waals surface area contributed by atoms with Crippen molar-refractivity contribution < 1.29 is 28.3 Å². The molecule has 0 saturated carbocycles. The molecule has 0 atom stereocenters. The topological polar surface area (TPSA) is 99.9 Å². The van der Waals surface area contributed by atoms with E-state index in [1.54, 1.807) is 25.3 Å². The molecule has 0 aliphatic rings. The molecule has 1 amide bonds. The van der Waals surface area contributed by atoms with Crippen LogP contribution in [-0.4, -0.2) is 44.9 Å². The maximum absolute atomic E-state index is 12.0. The lowest BCUT2D eigenvalue weighted by molar-refractivity contribution is -0.140. The summed E-state index contributed by atoms with van der Waals surface area (Å²) in [7, 11) is 4.36. The van der Waals surface area contributed by atoms with Crippen LogP contribution in [0.4, 0.5) is 0 Å². The van der Waals surface area contributed by atoms with E-state index in [-0.39, 0.29) is 18.7 Å². The smallest absolute Gasteiger partial charge is 0.307 e. The van der Waals surface area contributed by atoms with E-state index >= 15 is 0 Å². The van der Waals surface area contributed by atoms with Crippen LogP contribution < -0.4 is 14.8 Å². The number of aromatic nitrogens is 1. The Balaban J connectivity index is 2.13. The molecule has 1 N–H and O–H groups in total. The molecule has 0 radical (unpaired) electrons. The fraction of sp³-hybridized carbons (Fsp3) is 0.312. The van der Waals surface area contributed by atoms with E-state index in [0.717, 1.165) is 0 Å². The lowest BCUT2D eigenvalue weighted by Gasteiger charge is -2.07. The SMILES string of the molecule is COC(=O)CCNC(=O)c1cc(-c2cc(OC)ccc2OC)on1. The maximum Gasteiger partial charge on any atom is 0.307 e. The van der Waals surface area contributed by atoms with Crippen LogP contribution in [0.3, 0.4) is 0 Å². The summed E-state index contributed by atoms with van der Waals surface area (Å²) in [6.45, 7) is 0.149. The van der Waals surface area contributed by atoms with E-state index in [1.165, 1.54) is 20.3 Å². The van der Waals surface area contributed by atoms with Crippen LogP contribution in [0.25, 0.3) is 11.3 Å². The average molecular weight is 334 g/mol. The van der Waals surface area contributed by atoms with E-state index in [9.17, 15) is 9.59 Å². The molecule has 1 heterocycles. The van der Waals surface area contributed by atoms with Gasteiger partial charge in [0.15, 0.2) is 11.5 Å². The predicted molar refractivity (Wildman–Crippen MR) is 84.0 cm³/mol. The lowest BCUT2D eigenvalue weighted by atomic mass is 10.1. The number of benzene rings is 1. The minimum Gasteiger partial charge on any atom is -0.497 e. The third kappa shape index (κ3) is 4.03. The molecule has 8 nitrogen and oxygen atoms in total. The van der Waals surface area contributed by atoms with Crippen molar-refractivity contribution >= 4 is 11.9 Å². The zero-order valence-electron chi connectivity index (χ0n) is 13.6. The monoisotopic (exact) mass is 334 g/mol. The zero-order valence-corrected chi connectivity index (χ0v) is 13.6. The Kier molecular flexibility index (Phi) is 5.78. The summed E-state index contributed by atoms with van der Waals surface area (Å²) < 4.78 is 20.2. The summed E-state index contributed by atoms with van der Waals surface area (Å²) >= 11 is 0. The first-order chi connectivity index (χ1) is 11.6. The Labute approximate surface area is 138 Å². The number of rotatable bonds is 7. The highest BCUT2D eigenvalue weighted by atomic mass is 16.5. The number of ether oxygens (including phenoxy) is 3. The van der Waals surface area contributed by atoms with Gasteiger partial charge in [0.05, 0.1) is 33.3 Å². The van der Waals surface area contributed by atoms with Crippen molar-refractivity contribution in [2.75, 3.05) is 27.9 Å². The minimum absolute atomic E-state index is 0.0800. The number of methoxy groups -OCH3 is 3. The molecule has 2 aromatic rings. The molecule has 0 aliphatic carbocycles. The summed E-state index contributed by atoms with van der Waals surface area (Å²) in [5, 5.41) is 6.30. The highest BCUT2D eigenvalue weighted by molar-refractivity contribution is 5.93. The molecule has 24 heavy (non-hydrogen) atoms. The van der Waals surface area contributed by atoms with E-state index in [4.69, 9.17) is 14.0 Å². The minimum atomic E-state index is -0.448. The fourth-order valence-corrected chi connectivity index (χ4v) is 1.99. The highest BCUT2D eigenvalue weighted by Gasteiger charge is 2.17. The number of carbonyl (C=O) groups excluding carboxylic acids is 2. The van der Waals surface area contributed by atoms with E-state index in [1.807, 2.05) is 0 Å². The lowest BCUT2D eigenvalue weighted by Crippen LogP contribution is -2.26. The van der Waals surface area contributed by atoms with Gasteiger partial charge < -0.3 is 24.1 Å². The fourth-order valence-electron chi connectivity index (χ4n) is 1.99. The Hall–Kier alpha value is -3.03. The van der Waals surface area contributed by atoms with Gasteiger partial charge in [0.2, 0.25) is 0 Å². The van der Waals surface area contributed by atoms with Gasteiger partial charge in [0.25, 0.3) is 5.91 Å². The second kappa shape index (κ2) is 8.00. The van der Waals surface area contributed by atoms with Crippen molar-refractivity contribution in [2.45, 2.75) is 6.42 Å². The van der Waals surface area contributed by atoms with Crippen LogP contribution in [0.15, 0.2) is 28.8 Å². The van der Waals surface area contributed by atoms with Gasteiger partial charge >= 0.3 is 5.97 Å². The quantitative estimate of drug-likeness (QED) is 0.768. The summed E-state index contributed by atoms with van der Waals surface area (Å²) in [5.41, 5.74) is 0.706. The van der Waals surface area contributed by atoms with Crippen molar-refractivity contribution in [1.82, 2.24) is 10.5 Å². The van der Waals surface area contributed by atoms with Gasteiger partial charge in [-0.25, -0.2) is 0 Å². The van der Waals surface area contributed by atoms with Crippen molar-refractivity contribution in [2.24, 2.45) is 0 Å². The van der Waals surface area contributed by atoms with Crippen molar-refractivity contribution in [3.63, 3.8) is 0 Å². The zero-order chi connectivity index (χ0) is 17.5. The summed E-state index contributed by atoms with van der Waals surface area (Å²) in [6, 6.07) is 6.69. The molecule has 1 aromatic heterocycles. The summed E-state index contributed by atoms with van der Waals surface area (Å²) in [5.74, 6) is 0.688. The van der Waals surface area contributed by atoms with E-state index in [0.29, 0.717) is 22.8 Å². The van der Waals surface area contributed by atoms with Gasteiger partial charge in [0.1, 0.15) is 11.5 Å². The van der Waals surface area contributed by atoms with E-state index < -0.39 is 11.9 Å². The number of esters is 1. The molecule has 0 aliphatic heterocycles. The second-order valence-corrected chi connectivity index (χ2v) is 4.72. The first-order valence-corrected chi connectivity index (χ1v) is 7.13. The number of hydrogen-bond donors (Lipinski definition) is 1. The van der Waals surface area contributed by atoms with Crippen molar-refractivity contribution in [1.29, 1.82) is 0 Å². The number of nitrogens with zero attached hydrogens (tertiary/aromatic N) is 1. The average Bonchev–Trinajstić information content (AvgIpc) is 3.10. The first kappa shape index (κ1) is 17.3. The second-order valence-electron chi connectivity index (χ2n) is 4.72. The van der Waals surface area contributed by atoms with Crippen LogP contribution in [0, 0.1) is 0 Å². The van der Waals surface area contributed by atoms with Crippen LogP contribution in [0.2, 0.25) is 0 Å². The third-order valence-corrected chi connectivity index (χ3v) is 3.26. The summed E-state index contributed by atoms with van der Waals surface area (Å²) in [6.07, 6.45) is 0.0800. The molecule has 0 spiro atoms. The van der Waals surface area contributed by atoms with Gasteiger partial charge in [-0.05, 0) is 18.2 Å². The Morgan fingerprint density at radius 3 is 2.62 bits per heavy atom. The van der Waals surface area contributed by atoms with Gasteiger partial charge in [-0.15, -0.1) is 0 Å². The molecule has 8 heteroatoms. The standard InChI is InChI=1S/C16H18N2O6/c1-21-10-4-5-13(22-2)11(8-10)14-9-12(18-24-14)16(20)17-7-6-15(19)23-3/h4-5,8-9H,6-7H2,1-3H3,(H,17,20). The van der Waals surface area contributed by atoms with Gasteiger partial charge in [-0.2, -0.15) is 0 Å². The molecular weight excluding hydrogens is 316 g/mol. The van der Waals surface area contributed by atoms with E-state index in [2.05, 4.69) is 15.2 Å². The molecule has 1 aromatic carbocycles. The number of carbonyl (C=O) groups is 2. The molecule has 128 valence electrons. The molecule has 0 fully saturated rings. The molecular formula is C16H18N2O6. The summed E-state index contributed by atoms with van der Waals surface area (Å²) in [4.78, 5) is 23.0. The third-order valence-electron chi connectivity index (χ3n) is 3.26. The van der Waals surface area contributed by atoms with Crippen molar-refractivity contribution in [3.8, 4) is 22.8 Å². The van der Waals surface area contributed by atoms with Crippen LogP contribution in [0.5, 0.6) is 11.5 Å². The predicted octanol–water partition coefficient (Wildman–Crippen LogP) is 1.65. The number of hydrogen-bond acceptors (Lipinski definition) is 7. The van der Waals surface area contributed by atoms with Crippen LogP contribution in [-0.2, 0) is 9.53 Å². The van der Waals surface area contributed by atoms with Crippen LogP contribution in [0.1, 0.15) is 16.9 Å². The van der Waals surface area contributed by atoms with Gasteiger partial charge in [0, 0.05) is 12.6 Å². The molecule has 2 rings (SSSR count). The largest absolute Gasteiger partial charge is 0.497 e. The van der Waals surface area contributed by atoms with Crippen LogP contribution >= 0.6 is 0 Å². The van der Waals surface area contributed by atoms with Gasteiger partial charge in [-0.1, -0.05) is 5.16 Å². The highest BCUT2D eigenvalue weighted by Crippen LogP contribution is 2.33. The number of amides is 1. The molecule has 0 unspecified atom stereocenters. The Morgan fingerprint density at radius 1 is 1.17 bits per heavy atom. The Bertz CT molecular complexity index is 725. The molecule has 0 saturated heterocycles. The normalized spacial score (nSPS) is 10.1. The molecule has 0 bridgehead atoms. The van der Waals surface area contributed by atoms with Gasteiger partial charge in [-0.3, -0.25) is 9.59 Å². The Morgan fingerprint density at radius 2 is 1.96 bits per heavy atom. The maximum atomic E-state index is 12.0. The van der Waals surface area contributed by atoms with Crippen molar-refractivity contribution in [3.05, 3.63) is 30.0 Å².